The van der Waals surface area contributed by atoms with Gasteiger partial charge in [-0.2, -0.15) is 0 Å². The highest BCUT2D eigenvalue weighted by Crippen LogP contribution is 2.49. The van der Waals surface area contributed by atoms with Gasteiger partial charge in [-0.15, -0.1) is 0 Å². The van der Waals surface area contributed by atoms with E-state index in [-0.39, 0.29) is 0 Å². The van der Waals surface area contributed by atoms with Crippen LogP contribution >= 0.6 is 0 Å². The van der Waals surface area contributed by atoms with Gasteiger partial charge in [0.05, 0.1) is 16.1 Å². The Morgan fingerprint density at radius 3 is 2.81 bits per heavy atom. The van der Waals surface area contributed by atoms with Crippen molar-refractivity contribution in [2.75, 3.05) is 13.7 Å². The molecule has 3 rings (SSSR count). The number of fused-ring (bicyclic) bond motifs is 1. The van der Waals surface area contributed by atoms with Crippen molar-refractivity contribution in [1.29, 1.82) is 0 Å². The van der Waals surface area contributed by atoms with Crippen molar-refractivity contribution in [3.05, 3.63) is 54.1 Å². The molecule has 2 aliphatic carbocycles. The van der Waals surface area contributed by atoms with Crippen molar-refractivity contribution in [3.8, 4) is 0 Å². The first-order chi connectivity index (χ1) is 10.3. The van der Waals surface area contributed by atoms with E-state index in [9.17, 15) is 0 Å². The van der Waals surface area contributed by atoms with Crippen LogP contribution < -0.4 is 5.19 Å². The van der Waals surface area contributed by atoms with Crippen LogP contribution in [0.2, 0.25) is 6.04 Å². The Balaban J connectivity index is 1.70. The summed E-state index contributed by atoms with van der Waals surface area (Å²) in [5.41, 5.74) is 1.51. The zero-order valence-corrected chi connectivity index (χ0v) is 14.0. The molecule has 21 heavy (non-hydrogen) atoms. The number of hydrogen-bond acceptors (Lipinski definition) is 1. The molecule has 4 unspecified atom stereocenters. The minimum Gasteiger partial charge on any atom is -0.380 e. The summed E-state index contributed by atoms with van der Waals surface area (Å²) < 4.78 is 5.44. The van der Waals surface area contributed by atoms with E-state index in [1.807, 2.05) is 7.11 Å². The van der Waals surface area contributed by atoms with Gasteiger partial charge in [0, 0.05) is 7.11 Å². The number of methoxy groups -OCH3 is 1. The monoisotopic (exact) mass is 296 g/mol. The molecule has 1 aromatic rings. The minimum atomic E-state index is 0.709. The third-order valence-electron chi connectivity index (χ3n) is 4.98. The predicted octanol–water partition coefficient (Wildman–Crippen LogP) is 3.47. The fourth-order valence-corrected chi connectivity index (χ4v) is 5.40. The third kappa shape index (κ3) is 3.22. The maximum absolute atomic E-state index is 5.44. The highest BCUT2D eigenvalue weighted by molar-refractivity contribution is 6.53. The van der Waals surface area contributed by atoms with E-state index < -0.39 is 0 Å². The Labute approximate surface area is 130 Å². The van der Waals surface area contributed by atoms with Crippen LogP contribution in [-0.2, 0) is 4.74 Å². The molecule has 0 spiro atoms. The summed E-state index contributed by atoms with van der Waals surface area (Å²) in [7, 11) is 2.74. The second-order valence-electron chi connectivity index (χ2n) is 6.38. The van der Waals surface area contributed by atoms with Gasteiger partial charge in [0.25, 0.3) is 0 Å². The van der Waals surface area contributed by atoms with Crippen LogP contribution in [0.1, 0.15) is 13.3 Å². The van der Waals surface area contributed by atoms with Crippen LogP contribution in [0.15, 0.2) is 54.1 Å². The highest BCUT2D eigenvalue weighted by Gasteiger charge is 2.41. The van der Waals surface area contributed by atoms with E-state index in [4.69, 9.17) is 4.74 Å². The quantitative estimate of drug-likeness (QED) is 0.756. The molecular formula is C19H24OSi. The predicted molar refractivity (Wildman–Crippen MR) is 90.0 cm³/mol. The average Bonchev–Trinajstić information content (AvgIpc) is 2.84. The fourth-order valence-electron chi connectivity index (χ4n) is 4.05. The van der Waals surface area contributed by atoms with Gasteiger partial charge in [-0.1, -0.05) is 66.7 Å². The Hall–Kier alpha value is -1.12. The van der Waals surface area contributed by atoms with Crippen LogP contribution in [0, 0.1) is 23.7 Å². The summed E-state index contributed by atoms with van der Waals surface area (Å²) in [4.78, 5) is 0. The number of rotatable bonds is 5. The zero-order valence-electron chi connectivity index (χ0n) is 13.0. The van der Waals surface area contributed by atoms with Gasteiger partial charge in [-0.05, 0) is 35.7 Å². The van der Waals surface area contributed by atoms with Crippen LogP contribution in [0.5, 0.6) is 0 Å². The Bertz CT molecular complexity index is 520. The van der Waals surface area contributed by atoms with Gasteiger partial charge in [0.2, 0.25) is 0 Å². The lowest BCUT2D eigenvalue weighted by molar-refractivity contribution is 0.206. The molecule has 1 saturated carbocycles. The topological polar surface area (TPSA) is 9.23 Å². The number of benzene rings is 1. The van der Waals surface area contributed by atoms with Gasteiger partial charge in [0.15, 0.2) is 0 Å². The van der Waals surface area contributed by atoms with Crippen molar-refractivity contribution >= 4 is 14.7 Å². The van der Waals surface area contributed by atoms with Crippen LogP contribution in [0.25, 0.3) is 0 Å². The van der Waals surface area contributed by atoms with E-state index in [0.29, 0.717) is 5.92 Å². The minimum absolute atomic E-state index is 0.709. The SMILES string of the molecule is COCC1=CC=CC2C(C)CC(C[Si]c3ccccc3)C12. The molecular weight excluding hydrogens is 272 g/mol. The molecule has 4 atom stereocenters. The molecule has 1 aromatic carbocycles. The Morgan fingerprint density at radius 2 is 2.05 bits per heavy atom. The lowest BCUT2D eigenvalue weighted by Gasteiger charge is -2.29. The Kier molecular flexibility index (Phi) is 4.76. The van der Waals surface area contributed by atoms with E-state index in [1.54, 1.807) is 0 Å². The molecule has 1 nitrogen and oxygen atoms in total. The average molecular weight is 296 g/mol. The summed E-state index contributed by atoms with van der Waals surface area (Å²) in [6.45, 7) is 3.21. The molecule has 0 aromatic heterocycles. The standard InChI is InChI=1S/C19H24OSi/c1-14-11-16(13-21-17-8-4-3-5-9-17)19-15(12-20-2)7-6-10-18(14)19/h3-10,14,16,18-19H,11-13H2,1-2H3. The van der Waals surface area contributed by atoms with E-state index >= 15 is 0 Å². The lowest BCUT2D eigenvalue weighted by atomic mass is 9.79. The zero-order chi connectivity index (χ0) is 14.7. The van der Waals surface area contributed by atoms with Crippen LogP contribution in [0.4, 0.5) is 0 Å². The van der Waals surface area contributed by atoms with Crippen molar-refractivity contribution in [2.45, 2.75) is 19.4 Å². The molecule has 0 bridgehead atoms. The molecule has 2 heteroatoms. The largest absolute Gasteiger partial charge is 0.380 e. The van der Waals surface area contributed by atoms with Crippen molar-refractivity contribution < 1.29 is 4.74 Å². The van der Waals surface area contributed by atoms with Gasteiger partial charge in [-0.3, -0.25) is 0 Å². The Morgan fingerprint density at radius 1 is 1.24 bits per heavy atom. The first-order valence-corrected chi connectivity index (χ1v) is 9.15. The van der Waals surface area contributed by atoms with Gasteiger partial charge in [0.1, 0.15) is 0 Å². The molecule has 110 valence electrons. The smallest absolute Gasteiger partial charge is 0.0811 e. The molecule has 2 aliphatic rings. The van der Waals surface area contributed by atoms with Gasteiger partial charge >= 0.3 is 0 Å². The first kappa shape index (κ1) is 14.8. The maximum Gasteiger partial charge on any atom is 0.0811 e. The van der Waals surface area contributed by atoms with Crippen molar-refractivity contribution in [3.63, 3.8) is 0 Å². The van der Waals surface area contributed by atoms with Crippen molar-refractivity contribution in [1.82, 2.24) is 0 Å². The fraction of sp³-hybridized carbons (Fsp3) is 0.474. The molecule has 0 N–H and O–H groups in total. The van der Waals surface area contributed by atoms with Crippen LogP contribution in [-0.4, -0.2) is 23.2 Å². The summed E-state index contributed by atoms with van der Waals surface area (Å²) in [6, 6.07) is 12.3. The molecule has 0 heterocycles. The molecule has 0 amide bonds. The number of ether oxygens (including phenoxy) is 1. The molecule has 0 aliphatic heterocycles. The molecule has 2 radical (unpaired) electrons. The van der Waals surface area contributed by atoms with E-state index in [0.717, 1.165) is 33.9 Å². The summed E-state index contributed by atoms with van der Waals surface area (Å²) in [5.74, 6) is 3.05. The van der Waals surface area contributed by atoms with Crippen molar-refractivity contribution in [2.24, 2.45) is 23.7 Å². The van der Waals surface area contributed by atoms with E-state index in [2.05, 4.69) is 55.5 Å². The molecule has 0 saturated heterocycles. The third-order valence-corrected chi connectivity index (χ3v) is 6.45. The van der Waals surface area contributed by atoms with Gasteiger partial charge in [-0.25, -0.2) is 0 Å². The first-order valence-electron chi connectivity index (χ1n) is 7.94. The molecule has 1 fully saturated rings. The number of allylic oxidation sites excluding steroid dienone is 3. The highest BCUT2D eigenvalue weighted by atomic mass is 28.2. The summed E-state index contributed by atoms with van der Waals surface area (Å²) in [6.07, 6.45) is 8.33. The summed E-state index contributed by atoms with van der Waals surface area (Å²) in [5, 5.41) is 1.50. The maximum atomic E-state index is 5.44. The second-order valence-corrected chi connectivity index (χ2v) is 7.72. The lowest BCUT2D eigenvalue weighted by Crippen LogP contribution is -2.25. The summed E-state index contributed by atoms with van der Waals surface area (Å²) >= 11 is 0. The van der Waals surface area contributed by atoms with Gasteiger partial charge < -0.3 is 4.74 Å². The second kappa shape index (κ2) is 6.76. The number of hydrogen-bond donors (Lipinski definition) is 0. The normalized spacial score (nSPS) is 31.0. The van der Waals surface area contributed by atoms with Crippen LogP contribution in [0.3, 0.4) is 0 Å². The van der Waals surface area contributed by atoms with E-state index in [1.165, 1.54) is 23.2 Å².